The van der Waals surface area contributed by atoms with Crippen molar-refractivity contribution >= 4 is 18.1 Å². The summed E-state index contributed by atoms with van der Waals surface area (Å²) in [7, 11) is 0. The molecular weight excluding hydrogens is 174 g/mol. The van der Waals surface area contributed by atoms with Gasteiger partial charge in [0.15, 0.2) is 0 Å². The lowest BCUT2D eigenvalue weighted by Crippen LogP contribution is -2.01. The van der Waals surface area contributed by atoms with Crippen LogP contribution in [0.4, 0.5) is 5.69 Å². The van der Waals surface area contributed by atoms with Gasteiger partial charge in [-0.2, -0.15) is 5.10 Å². The molecule has 0 aliphatic heterocycles. The van der Waals surface area contributed by atoms with Gasteiger partial charge in [0.25, 0.3) is 0 Å². The number of halogens is 1. The van der Waals surface area contributed by atoms with E-state index in [1.807, 2.05) is 18.5 Å². The second-order valence-electron chi connectivity index (χ2n) is 2.81. The number of nitrogen functional groups attached to an aromatic ring is 1. The molecule has 0 fully saturated rings. The van der Waals surface area contributed by atoms with Crippen LogP contribution in [0.3, 0.4) is 0 Å². The molecule has 0 saturated heterocycles. The van der Waals surface area contributed by atoms with E-state index in [0.29, 0.717) is 0 Å². The van der Waals surface area contributed by atoms with Gasteiger partial charge in [-0.15, -0.1) is 12.4 Å². The molecule has 0 aromatic carbocycles. The Morgan fingerprint density at radius 2 is 2.00 bits per heavy atom. The highest BCUT2D eigenvalue weighted by atomic mass is 35.5. The molecule has 1 heterocycles. The number of hydrogen-bond acceptors (Lipinski definition) is 2. The van der Waals surface area contributed by atoms with Crippen LogP contribution in [-0.4, -0.2) is 9.78 Å². The predicted octanol–water partition coefficient (Wildman–Crippen LogP) is 1.91. The molecule has 0 unspecified atom stereocenters. The maximum absolute atomic E-state index is 5.75. The van der Waals surface area contributed by atoms with Gasteiger partial charge < -0.3 is 5.73 Å². The van der Waals surface area contributed by atoms with E-state index >= 15 is 0 Å². The Balaban J connectivity index is 0.00000121. The Morgan fingerprint density at radius 3 is 2.33 bits per heavy atom. The number of rotatable bonds is 2. The van der Waals surface area contributed by atoms with Crippen LogP contribution in [0.5, 0.6) is 0 Å². The molecular formula is C8H16ClN3. The van der Waals surface area contributed by atoms with Crippen molar-refractivity contribution in [3.63, 3.8) is 0 Å². The molecule has 70 valence electrons. The Labute approximate surface area is 79.4 Å². The topological polar surface area (TPSA) is 43.8 Å². The van der Waals surface area contributed by atoms with Crippen LogP contribution in [0.2, 0.25) is 0 Å². The first-order chi connectivity index (χ1) is 5.16. The molecule has 0 aliphatic rings. The van der Waals surface area contributed by atoms with Crippen molar-refractivity contribution < 1.29 is 0 Å². The van der Waals surface area contributed by atoms with E-state index in [1.165, 1.54) is 0 Å². The highest BCUT2D eigenvalue weighted by Gasteiger charge is 2.05. The zero-order valence-electron chi connectivity index (χ0n) is 7.79. The van der Waals surface area contributed by atoms with Gasteiger partial charge in [-0.3, -0.25) is 4.68 Å². The van der Waals surface area contributed by atoms with E-state index in [2.05, 4.69) is 12.0 Å². The van der Waals surface area contributed by atoms with Crippen LogP contribution in [0.1, 0.15) is 24.7 Å². The Hall–Kier alpha value is -0.700. The molecule has 0 saturated carbocycles. The highest BCUT2D eigenvalue weighted by molar-refractivity contribution is 5.85. The summed E-state index contributed by atoms with van der Waals surface area (Å²) in [6.07, 6.45) is 1.10. The minimum Gasteiger partial charge on any atom is -0.396 e. The van der Waals surface area contributed by atoms with E-state index in [4.69, 9.17) is 5.73 Å². The number of hydrogen-bond donors (Lipinski definition) is 1. The first-order valence-electron chi connectivity index (χ1n) is 3.96. The van der Waals surface area contributed by atoms with Crippen LogP contribution < -0.4 is 5.73 Å². The fraction of sp³-hybridized carbons (Fsp3) is 0.625. The average Bonchev–Trinajstić information content (AvgIpc) is 2.19. The minimum atomic E-state index is 0. The van der Waals surface area contributed by atoms with Crippen LogP contribution in [0.25, 0.3) is 0 Å². The van der Waals surface area contributed by atoms with Crippen molar-refractivity contribution in [1.29, 1.82) is 0 Å². The van der Waals surface area contributed by atoms with Gasteiger partial charge in [-0.1, -0.05) is 6.92 Å². The Bertz CT molecular complexity index is 255. The molecule has 0 radical (unpaired) electrons. The summed E-state index contributed by atoms with van der Waals surface area (Å²) in [5, 5.41) is 4.29. The Kier molecular flexibility index (Phi) is 4.10. The van der Waals surface area contributed by atoms with Crippen LogP contribution in [0, 0.1) is 13.8 Å². The van der Waals surface area contributed by atoms with Gasteiger partial charge in [0, 0.05) is 6.54 Å². The third-order valence-corrected chi connectivity index (χ3v) is 1.87. The number of anilines is 1. The van der Waals surface area contributed by atoms with Crippen molar-refractivity contribution in [3.05, 3.63) is 11.4 Å². The summed E-state index contributed by atoms with van der Waals surface area (Å²) in [6, 6.07) is 0. The standard InChI is InChI=1S/C8H15N3.ClH/c1-4-5-11-7(3)8(9)6(2)10-11;/h4-5,9H2,1-3H3;1H. The monoisotopic (exact) mass is 189 g/mol. The molecule has 1 aromatic rings. The second-order valence-corrected chi connectivity index (χ2v) is 2.81. The van der Waals surface area contributed by atoms with E-state index < -0.39 is 0 Å². The summed E-state index contributed by atoms with van der Waals surface area (Å²) in [5.74, 6) is 0. The van der Waals surface area contributed by atoms with E-state index in [9.17, 15) is 0 Å². The smallest absolute Gasteiger partial charge is 0.0825 e. The van der Waals surface area contributed by atoms with E-state index in [1.54, 1.807) is 0 Å². The molecule has 4 heteroatoms. The molecule has 12 heavy (non-hydrogen) atoms. The van der Waals surface area contributed by atoms with Gasteiger partial charge in [0.2, 0.25) is 0 Å². The first kappa shape index (κ1) is 11.3. The number of aromatic nitrogens is 2. The molecule has 1 aromatic heterocycles. The van der Waals surface area contributed by atoms with Crippen molar-refractivity contribution in [2.24, 2.45) is 0 Å². The van der Waals surface area contributed by atoms with Crippen molar-refractivity contribution in [3.8, 4) is 0 Å². The van der Waals surface area contributed by atoms with Crippen LogP contribution >= 0.6 is 12.4 Å². The number of aryl methyl sites for hydroxylation is 2. The average molecular weight is 190 g/mol. The fourth-order valence-electron chi connectivity index (χ4n) is 1.14. The second kappa shape index (κ2) is 4.36. The van der Waals surface area contributed by atoms with Gasteiger partial charge in [0.1, 0.15) is 0 Å². The molecule has 0 spiro atoms. The van der Waals surface area contributed by atoms with Crippen LogP contribution in [0.15, 0.2) is 0 Å². The lowest BCUT2D eigenvalue weighted by atomic mass is 10.3. The number of nitrogens with zero attached hydrogens (tertiary/aromatic N) is 2. The van der Waals surface area contributed by atoms with Gasteiger partial charge in [0.05, 0.1) is 17.1 Å². The van der Waals surface area contributed by atoms with Gasteiger partial charge in [-0.05, 0) is 20.3 Å². The summed E-state index contributed by atoms with van der Waals surface area (Å²) in [4.78, 5) is 0. The molecule has 0 aliphatic carbocycles. The maximum Gasteiger partial charge on any atom is 0.0825 e. The largest absolute Gasteiger partial charge is 0.396 e. The molecule has 2 N–H and O–H groups in total. The molecule has 1 rings (SSSR count). The van der Waals surface area contributed by atoms with E-state index in [-0.39, 0.29) is 12.4 Å². The number of nitrogens with two attached hydrogens (primary N) is 1. The van der Waals surface area contributed by atoms with Crippen LogP contribution in [-0.2, 0) is 6.54 Å². The predicted molar refractivity (Wildman–Crippen MR) is 53.7 cm³/mol. The molecule has 3 nitrogen and oxygen atoms in total. The fourth-order valence-corrected chi connectivity index (χ4v) is 1.14. The lowest BCUT2D eigenvalue weighted by molar-refractivity contribution is 0.583. The summed E-state index contributed by atoms with van der Waals surface area (Å²) < 4.78 is 1.96. The third-order valence-electron chi connectivity index (χ3n) is 1.87. The normalized spacial score (nSPS) is 9.58. The molecule has 0 atom stereocenters. The van der Waals surface area contributed by atoms with Gasteiger partial charge >= 0.3 is 0 Å². The van der Waals surface area contributed by atoms with Crippen molar-refractivity contribution in [1.82, 2.24) is 9.78 Å². The quantitative estimate of drug-likeness (QED) is 0.773. The summed E-state index contributed by atoms with van der Waals surface area (Å²) in [5.41, 5.74) is 8.61. The van der Waals surface area contributed by atoms with E-state index in [0.717, 1.165) is 30.0 Å². The van der Waals surface area contributed by atoms with Crippen molar-refractivity contribution in [2.45, 2.75) is 33.7 Å². The zero-order valence-corrected chi connectivity index (χ0v) is 8.61. The molecule has 0 bridgehead atoms. The highest BCUT2D eigenvalue weighted by Crippen LogP contribution is 2.14. The zero-order chi connectivity index (χ0) is 8.43. The maximum atomic E-state index is 5.75. The SMILES string of the molecule is CCCn1nc(C)c(N)c1C.Cl. The Morgan fingerprint density at radius 1 is 1.42 bits per heavy atom. The first-order valence-corrected chi connectivity index (χ1v) is 3.96. The summed E-state index contributed by atoms with van der Waals surface area (Å²) >= 11 is 0. The third kappa shape index (κ3) is 1.91. The summed E-state index contributed by atoms with van der Waals surface area (Å²) in [6.45, 7) is 7.04. The minimum absolute atomic E-state index is 0. The van der Waals surface area contributed by atoms with Gasteiger partial charge in [-0.25, -0.2) is 0 Å². The lowest BCUT2D eigenvalue weighted by Gasteiger charge is -1.99. The van der Waals surface area contributed by atoms with Crippen molar-refractivity contribution in [2.75, 3.05) is 5.73 Å². The molecule has 0 amide bonds.